The minimum Gasteiger partial charge on any atom is -0.372 e. The number of benzene rings is 1. The molecule has 0 atom stereocenters. The Morgan fingerprint density at radius 3 is 2.10 bits per heavy atom. The molecule has 0 unspecified atom stereocenters. The summed E-state index contributed by atoms with van der Waals surface area (Å²) in [6, 6.07) is 8.32. The number of carbonyl (C=O) groups excluding carboxylic acids is 2. The van der Waals surface area contributed by atoms with Gasteiger partial charge < -0.3 is 15.5 Å². The largest absolute Gasteiger partial charge is 0.372 e. The van der Waals surface area contributed by atoms with E-state index < -0.39 is 5.41 Å². The maximum absolute atomic E-state index is 12.9. The van der Waals surface area contributed by atoms with Gasteiger partial charge in [-0.05, 0) is 68.7 Å². The highest BCUT2D eigenvalue weighted by Crippen LogP contribution is 2.47. The minimum absolute atomic E-state index is 0.0686. The van der Waals surface area contributed by atoms with E-state index in [0.717, 1.165) is 37.5 Å². The molecule has 1 heterocycles. The molecule has 2 saturated carbocycles. The Labute approximate surface area is 174 Å². The lowest BCUT2D eigenvalue weighted by atomic mass is 9.99. The van der Waals surface area contributed by atoms with Gasteiger partial charge in [0.1, 0.15) is 5.41 Å². The van der Waals surface area contributed by atoms with Gasteiger partial charge in [0.25, 0.3) is 0 Å². The van der Waals surface area contributed by atoms with Gasteiger partial charge in [0, 0.05) is 30.5 Å². The number of rotatable bonds is 5. The van der Waals surface area contributed by atoms with Crippen molar-refractivity contribution in [1.29, 1.82) is 0 Å². The molecule has 1 aromatic carbocycles. The molecule has 1 aromatic rings. The smallest absolute Gasteiger partial charge is 0.240 e. The summed E-state index contributed by atoms with van der Waals surface area (Å²) in [6.45, 7) is 4.50. The quantitative estimate of drug-likeness (QED) is 0.569. The van der Waals surface area contributed by atoms with Gasteiger partial charge in [-0.1, -0.05) is 32.6 Å². The van der Waals surface area contributed by atoms with Crippen LogP contribution in [0.15, 0.2) is 24.3 Å². The first-order chi connectivity index (χ1) is 14.1. The SMILES string of the molecule is CC1CCN(c2ccc(NC(=O)C3(C(=O)NC4CCCCCC4)CC3)cc2)CC1. The number of piperidine rings is 1. The molecular weight excluding hydrogens is 362 g/mol. The Bertz CT molecular complexity index is 710. The van der Waals surface area contributed by atoms with Crippen LogP contribution in [0.1, 0.15) is 71.1 Å². The van der Waals surface area contributed by atoms with Gasteiger partial charge in [-0.25, -0.2) is 0 Å². The van der Waals surface area contributed by atoms with E-state index in [0.29, 0.717) is 12.8 Å². The molecule has 3 aliphatic rings. The molecule has 5 nitrogen and oxygen atoms in total. The summed E-state index contributed by atoms with van der Waals surface area (Å²) in [4.78, 5) is 28.1. The van der Waals surface area contributed by atoms with Gasteiger partial charge in [-0.2, -0.15) is 0 Å². The fourth-order valence-electron chi connectivity index (χ4n) is 4.70. The summed E-state index contributed by atoms with van der Waals surface area (Å²) in [5.74, 6) is 0.591. The zero-order valence-electron chi connectivity index (χ0n) is 17.7. The molecule has 4 rings (SSSR count). The lowest BCUT2D eigenvalue weighted by Gasteiger charge is -2.32. The molecule has 2 N–H and O–H groups in total. The zero-order valence-corrected chi connectivity index (χ0v) is 17.7. The molecule has 5 heteroatoms. The Morgan fingerprint density at radius 1 is 0.897 bits per heavy atom. The molecule has 29 heavy (non-hydrogen) atoms. The summed E-state index contributed by atoms with van der Waals surface area (Å²) in [7, 11) is 0. The molecule has 158 valence electrons. The molecule has 0 bridgehead atoms. The third-order valence-electron chi connectivity index (χ3n) is 7.08. The Hall–Kier alpha value is -2.04. The average molecular weight is 398 g/mol. The van der Waals surface area contributed by atoms with Crippen LogP contribution in [0.4, 0.5) is 11.4 Å². The standard InChI is InChI=1S/C24H35N3O2/c1-18-12-16-27(17-13-18)21-10-8-20(9-11-21)26-23(29)24(14-15-24)22(28)25-19-6-4-2-3-5-7-19/h8-11,18-19H,2-7,12-17H2,1H3,(H,25,28)(H,26,29). The third kappa shape index (κ3) is 4.76. The van der Waals surface area contributed by atoms with Crippen LogP contribution in [0.5, 0.6) is 0 Å². The molecule has 2 aliphatic carbocycles. The number of hydrogen-bond donors (Lipinski definition) is 2. The van der Waals surface area contributed by atoms with Gasteiger partial charge >= 0.3 is 0 Å². The number of anilines is 2. The van der Waals surface area contributed by atoms with Crippen LogP contribution < -0.4 is 15.5 Å². The zero-order chi connectivity index (χ0) is 20.3. The van der Waals surface area contributed by atoms with Gasteiger partial charge in [0.15, 0.2) is 0 Å². The molecule has 3 fully saturated rings. The maximum atomic E-state index is 12.9. The van der Waals surface area contributed by atoms with Crippen LogP contribution >= 0.6 is 0 Å². The molecule has 0 aromatic heterocycles. The van der Waals surface area contributed by atoms with Crippen LogP contribution in [-0.2, 0) is 9.59 Å². The van der Waals surface area contributed by atoms with E-state index in [1.165, 1.54) is 44.2 Å². The number of nitrogens with one attached hydrogen (secondary N) is 2. The van der Waals surface area contributed by atoms with Crippen molar-refractivity contribution in [2.24, 2.45) is 11.3 Å². The molecule has 0 radical (unpaired) electrons. The fraction of sp³-hybridized carbons (Fsp3) is 0.667. The topological polar surface area (TPSA) is 61.4 Å². The van der Waals surface area contributed by atoms with E-state index in [2.05, 4.69) is 34.6 Å². The summed E-state index contributed by atoms with van der Waals surface area (Å²) in [6.07, 6.45) is 10.7. The highest BCUT2D eigenvalue weighted by Gasteiger charge is 2.56. The maximum Gasteiger partial charge on any atom is 0.240 e. The van der Waals surface area contributed by atoms with Crippen molar-refractivity contribution >= 4 is 23.2 Å². The number of nitrogens with zero attached hydrogens (tertiary/aromatic N) is 1. The van der Waals surface area contributed by atoms with Crippen LogP contribution in [0.3, 0.4) is 0 Å². The predicted octanol–water partition coefficient (Wildman–Crippen LogP) is 4.48. The van der Waals surface area contributed by atoms with Gasteiger partial charge in [-0.3, -0.25) is 9.59 Å². The van der Waals surface area contributed by atoms with Crippen molar-refractivity contribution < 1.29 is 9.59 Å². The van der Waals surface area contributed by atoms with Crippen molar-refractivity contribution in [3.05, 3.63) is 24.3 Å². The molecular formula is C24H35N3O2. The van der Waals surface area contributed by atoms with Crippen molar-refractivity contribution in [3.8, 4) is 0 Å². The van der Waals surface area contributed by atoms with Crippen molar-refractivity contribution in [3.63, 3.8) is 0 Å². The normalized spacial score (nSPS) is 22.6. The monoisotopic (exact) mass is 397 g/mol. The highest BCUT2D eigenvalue weighted by atomic mass is 16.2. The first kappa shape index (κ1) is 20.2. The third-order valence-corrected chi connectivity index (χ3v) is 7.08. The molecule has 1 saturated heterocycles. The summed E-state index contributed by atoms with van der Waals surface area (Å²) in [5, 5.41) is 6.17. The van der Waals surface area contributed by atoms with Crippen molar-refractivity contribution in [1.82, 2.24) is 5.32 Å². The van der Waals surface area contributed by atoms with Crippen LogP contribution in [0, 0.1) is 11.3 Å². The van der Waals surface area contributed by atoms with Gasteiger partial charge in [0.05, 0.1) is 0 Å². The molecule has 2 amide bonds. The first-order valence-electron chi connectivity index (χ1n) is 11.5. The lowest BCUT2D eigenvalue weighted by Crippen LogP contribution is -2.44. The highest BCUT2D eigenvalue weighted by molar-refractivity contribution is 6.13. The molecule has 0 spiro atoms. The minimum atomic E-state index is -0.853. The Morgan fingerprint density at radius 2 is 1.52 bits per heavy atom. The van der Waals surface area contributed by atoms with E-state index in [1.807, 2.05) is 12.1 Å². The van der Waals surface area contributed by atoms with E-state index in [9.17, 15) is 9.59 Å². The van der Waals surface area contributed by atoms with Crippen molar-refractivity contribution in [2.75, 3.05) is 23.3 Å². The number of carbonyl (C=O) groups is 2. The second-order valence-electron chi connectivity index (χ2n) is 9.41. The van der Waals surface area contributed by atoms with Crippen LogP contribution in [0.2, 0.25) is 0 Å². The Kier molecular flexibility index (Phi) is 6.12. The average Bonchev–Trinajstić information content (AvgIpc) is 3.55. The fourth-order valence-corrected chi connectivity index (χ4v) is 4.70. The van der Waals surface area contributed by atoms with E-state index in [-0.39, 0.29) is 17.9 Å². The van der Waals surface area contributed by atoms with Gasteiger partial charge in [-0.15, -0.1) is 0 Å². The van der Waals surface area contributed by atoms with E-state index >= 15 is 0 Å². The predicted molar refractivity (Wildman–Crippen MR) is 117 cm³/mol. The van der Waals surface area contributed by atoms with Crippen LogP contribution in [-0.4, -0.2) is 30.9 Å². The van der Waals surface area contributed by atoms with Crippen LogP contribution in [0.25, 0.3) is 0 Å². The summed E-state index contributed by atoms with van der Waals surface area (Å²) in [5.41, 5.74) is 1.13. The van der Waals surface area contributed by atoms with Gasteiger partial charge in [0.2, 0.25) is 11.8 Å². The summed E-state index contributed by atoms with van der Waals surface area (Å²) >= 11 is 0. The second kappa shape index (κ2) is 8.76. The lowest BCUT2D eigenvalue weighted by molar-refractivity contribution is -0.134. The van der Waals surface area contributed by atoms with Crippen molar-refractivity contribution in [2.45, 2.75) is 77.2 Å². The number of hydrogen-bond acceptors (Lipinski definition) is 3. The Balaban J connectivity index is 1.33. The number of amides is 2. The van der Waals surface area contributed by atoms with E-state index in [1.54, 1.807) is 0 Å². The summed E-state index contributed by atoms with van der Waals surface area (Å²) < 4.78 is 0. The first-order valence-corrected chi connectivity index (χ1v) is 11.5. The van der Waals surface area contributed by atoms with E-state index in [4.69, 9.17) is 0 Å². The molecule has 1 aliphatic heterocycles. The second-order valence-corrected chi connectivity index (χ2v) is 9.41.